The molecule has 0 radical (unpaired) electrons. The minimum atomic E-state index is -1.05. The molecule has 0 aromatic carbocycles. The highest BCUT2D eigenvalue weighted by atomic mass is 16.6. The van der Waals surface area contributed by atoms with Gasteiger partial charge in [-0.15, -0.1) is 0 Å². The molecule has 1 unspecified atom stereocenters. The fourth-order valence-electron chi connectivity index (χ4n) is 2.23. The summed E-state index contributed by atoms with van der Waals surface area (Å²) < 4.78 is 5.27. The molecule has 0 fully saturated rings. The molecule has 7 heteroatoms. The molecule has 2 heterocycles. The van der Waals surface area contributed by atoms with Crippen LogP contribution in [0.2, 0.25) is 0 Å². The molecule has 7 nitrogen and oxygen atoms in total. The molecule has 0 saturated carbocycles. The highest BCUT2D eigenvalue weighted by molar-refractivity contribution is 5.87. The number of aromatic amines is 1. The summed E-state index contributed by atoms with van der Waals surface area (Å²) in [4.78, 5) is 22.7. The van der Waals surface area contributed by atoms with Crippen LogP contribution in [-0.4, -0.2) is 38.9 Å². The Bertz CT molecular complexity index is 530. The van der Waals surface area contributed by atoms with Crippen LogP contribution < -0.4 is 5.32 Å². The monoisotopic (exact) mass is 281 g/mol. The average molecular weight is 281 g/mol. The molecule has 3 N–H and O–H groups in total. The van der Waals surface area contributed by atoms with Gasteiger partial charge >= 0.3 is 11.9 Å². The molecule has 1 atom stereocenters. The Morgan fingerprint density at radius 1 is 1.45 bits per heavy atom. The van der Waals surface area contributed by atoms with Gasteiger partial charge in [-0.1, -0.05) is 0 Å². The number of carbonyl (C=O) groups excluding carboxylic acids is 1. The van der Waals surface area contributed by atoms with E-state index in [4.69, 9.17) is 9.84 Å². The standard InChI is InChI=1S/C13H19N3O4/c1-13(2,3)20-10(17)5-7-4-9-8(6-14-7)11(12(18)19)16-15-9/h7,14H,4-6H2,1-3H3,(H,15,16)(H,18,19). The van der Waals surface area contributed by atoms with Crippen LogP contribution in [0.3, 0.4) is 0 Å². The number of hydrogen-bond donors (Lipinski definition) is 3. The first-order valence-corrected chi connectivity index (χ1v) is 6.51. The maximum Gasteiger partial charge on any atom is 0.356 e. The maximum atomic E-state index is 11.8. The third kappa shape index (κ3) is 3.36. The maximum absolute atomic E-state index is 11.8. The number of nitrogens with one attached hydrogen (secondary N) is 2. The van der Waals surface area contributed by atoms with Crippen LogP contribution in [0.15, 0.2) is 0 Å². The summed E-state index contributed by atoms with van der Waals surface area (Å²) in [5.41, 5.74) is 0.984. The molecule has 0 bridgehead atoms. The molecule has 1 aromatic heterocycles. The van der Waals surface area contributed by atoms with Crippen LogP contribution in [0.25, 0.3) is 0 Å². The summed E-state index contributed by atoms with van der Waals surface area (Å²) in [5.74, 6) is -1.31. The number of fused-ring (bicyclic) bond motifs is 1. The second kappa shape index (κ2) is 5.24. The van der Waals surface area contributed by atoms with E-state index in [0.29, 0.717) is 18.5 Å². The fourth-order valence-corrected chi connectivity index (χ4v) is 2.23. The van der Waals surface area contributed by atoms with Gasteiger partial charge in [0.15, 0.2) is 5.69 Å². The molecule has 0 spiro atoms. The van der Waals surface area contributed by atoms with Crippen molar-refractivity contribution in [3.05, 3.63) is 17.0 Å². The third-order valence-corrected chi connectivity index (χ3v) is 3.01. The van der Waals surface area contributed by atoms with Crippen LogP contribution in [0.4, 0.5) is 0 Å². The van der Waals surface area contributed by atoms with Crippen molar-refractivity contribution >= 4 is 11.9 Å². The van der Waals surface area contributed by atoms with E-state index in [0.717, 1.165) is 5.69 Å². The molecule has 1 aliphatic rings. The van der Waals surface area contributed by atoms with E-state index in [1.165, 1.54) is 0 Å². The lowest BCUT2D eigenvalue weighted by Gasteiger charge is -2.25. The second-order valence-electron chi connectivity index (χ2n) is 5.91. The Hall–Kier alpha value is -1.89. The predicted molar refractivity (Wildman–Crippen MR) is 70.3 cm³/mol. The van der Waals surface area contributed by atoms with E-state index < -0.39 is 11.6 Å². The van der Waals surface area contributed by atoms with Gasteiger partial charge in [-0.3, -0.25) is 9.89 Å². The number of aromatic carboxylic acids is 1. The van der Waals surface area contributed by atoms with Gasteiger partial charge in [0.05, 0.1) is 6.42 Å². The van der Waals surface area contributed by atoms with Gasteiger partial charge in [-0.25, -0.2) is 4.79 Å². The summed E-state index contributed by atoms with van der Waals surface area (Å²) in [7, 11) is 0. The first kappa shape index (κ1) is 14.5. The van der Waals surface area contributed by atoms with Gasteiger partial charge < -0.3 is 15.2 Å². The van der Waals surface area contributed by atoms with Gasteiger partial charge in [0.2, 0.25) is 0 Å². The van der Waals surface area contributed by atoms with Gasteiger partial charge in [0, 0.05) is 30.3 Å². The van der Waals surface area contributed by atoms with Crippen molar-refractivity contribution in [2.75, 3.05) is 0 Å². The number of aromatic nitrogens is 2. The average Bonchev–Trinajstić information content (AvgIpc) is 2.68. The quantitative estimate of drug-likeness (QED) is 0.710. The van der Waals surface area contributed by atoms with Gasteiger partial charge in [0.1, 0.15) is 5.60 Å². The van der Waals surface area contributed by atoms with Gasteiger partial charge in [-0.2, -0.15) is 5.10 Å². The third-order valence-electron chi connectivity index (χ3n) is 3.01. The van der Waals surface area contributed by atoms with Crippen molar-refractivity contribution in [2.24, 2.45) is 0 Å². The number of ether oxygens (including phenoxy) is 1. The highest BCUT2D eigenvalue weighted by Crippen LogP contribution is 2.20. The molecule has 1 aliphatic heterocycles. The zero-order valence-corrected chi connectivity index (χ0v) is 11.8. The lowest BCUT2D eigenvalue weighted by atomic mass is 9.99. The molecule has 1 aromatic rings. The number of nitrogens with zero attached hydrogens (tertiary/aromatic N) is 1. The van der Waals surface area contributed by atoms with Crippen molar-refractivity contribution in [3.63, 3.8) is 0 Å². The van der Waals surface area contributed by atoms with E-state index in [1.54, 1.807) is 0 Å². The summed E-state index contributed by atoms with van der Waals surface area (Å²) in [6.07, 6.45) is 0.785. The van der Waals surface area contributed by atoms with Crippen molar-refractivity contribution in [1.82, 2.24) is 15.5 Å². The number of carboxylic acids is 1. The second-order valence-corrected chi connectivity index (χ2v) is 5.91. The van der Waals surface area contributed by atoms with Crippen molar-refractivity contribution in [2.45, 2.75) is 51.8 Å². The number of rotatable bonds is 3. The van der Waals surface area contributed by atoms with Crippen LogP contribution in [0, 0.1) is 0 Å². The normalized spacial score (nSPS) is 18.4. The molecule has 0 aliphatic carbocycles. The van der Waals surface area contributed by atoms with E-state index in [1.807, 2.05) is 20.8 Å². The van der Waals surface area contributed by atoms with Crippen LogP contribution in [0.5, 0.6) is 0 Å². The Morgan fingerprint density at radius 2 is 2.15 bits per heavy atom. The Morgan fingerprint density at radius 3 is 2.75 bits per heavy atom. The van der Waals surface area contributed by atoms with Crippen molar-refractivity contribution < 1.29 is 19.4 Å². The van der Waals surface area contributed by atoms with E-state index in [2.05, 4.69) is 15.5 Å². The largest absolute Gasteiger partial charge is 0.476 e. The molecule has 2 rings (SSSR count). The topological polar surface area (TPSA) is 104 Å². The lowest BCUT2D eigenvalue weighted by Crippen LogP contribution is -2.39. The molecule has 0 amide bonds. The molecule has 20 heavy (non-hydrogen) atoms. The summed E-state index contributed by atoms with van der Waals surface area (Å²) in [6, 6.07) is -0.0700. The van der Waals surface area contributed by atoms with Crippen molar-refractivity contribution in [1.29, 1.82) is 0 Å². The number of H-pyrrole nitrogens is 1. The number of hydrogen-bond acceptors (Lipinski definition) is 5. The van der Waals surface area contributed by atoms with Crippen LogP contribution in [-0.2, 0) is 22.5 Å². The summed E-state index contributed by atoms with van der Waals surface area (Å²) in [5, 5.41) is 18.7. The smallest absolute Gasteiger partial charge is 0.356 e. The summed E-state index contributed by atoms with van der Waals surface area (Å²) >= 11 is 0. The SMILES string of the molecule is CC(C)(C)OC(=O)CC1Cc2[nH]nc(C(=O)O)c2CN1. The molecular weight excluding hydrogens is 262 g/mol. The summed E-state index contributed by atoms with van der Waals surface area (Å²) in [6.45, 7) is 5.86. The zero-order valence-electron chi connectivity index (χ0n) is 11.8. The van der Waals surface area contributed by atoms with E-state index in [9.17, 15) is 9.59 Å². The van der Waals surface area contributed by atoms with Gasteiger partial charge in [0.25, 0.3) is 0 Å². The number of carbonyl (C=O) groups is 2. The Labute approximate surface area is 116 Å². The van der Waals surface area contributed by atoms with E-state index in [-0.39, 0.29) is 24.1 Å². The fraction of sp³-hybridized carbons (Fsp3) is 0.615. The first-order chi connectivity index (χ1) is 9.26. The van der Waals surface area contributed by atoms with Crippen LogP contribution in [0.1, 0.15) is 48.9 Å². The Kier molecular flexibility index (Phi) is 3.80. The van der Waals surface area contributed by atoms with Crippen LogP contribution >= 0.6 is 0 Å². The minimum Gasteiger partial charge on any atom is -0.476 e. The number of esters is 1. The first-order valence-electron chi connectivity index (χ1n) is 6.51. The van der Waals surface area contributed by atoms with Crippen molar-refractivity contribution in [3.8, 4) is 0 Å². The molecule has 0 saturated heterocycles. The number of carboxylic acid groups (broad SMARTS) is 1. The predicted octanol–water partition coefficient (Wildman–Crippen LogP) is 0.854. The molecule has 110 valence electrons. The van der Waals surface area contributed by atoms with E-state index >= 15 is 0 Å². The minimum absolute atomic E-state index is 0.0446. The highest BCUT2D eigenvalue weighted by Gasteiger charge is 2.28. The zero-order chi connectivity index (χ0) is 14.9. The van der Waals surface area contributed by atoms with Gasteiger partial charge in [-0.05, 0) is 20.8 Å². The Balaban J connectivity index is 1.98. The molecular formula is C13H19N3O4. The lowest BCUT2D eigenvalue weighted by molar-refractivity contribution is -0.155.